The summed E-state index contributed by atoms with van der Waals surface area (Å²) in [4.78, 5) is 13.8. The van der Waals surface area contributed by atoms with Gasteiger partial charge < -0.3 is 10.2 Å². The molecule has 0 saturated carbocycles. The van der Waals surface area contributed by atoms with Crippen LogP contribution in [0.4, 0.5) is 0 Å². The van der Waals surface area contributed by atoms with E-state index in [0.717, 1.165) is 26.1 Å². The van der Waals surface area contributed by atoms with Crippen LogP contribution in [0, 0.1) is 5.92 Å². The molecule has 0 aromatic carbocycles. The highest BCUT2D eigenvalue weighted by Gasteiger charge is 2.23. The van der Waals surface area contributed by atoms with Gasteiger partial charge in [-0.25, -0.2) is 0 Å². The van der Waals surface area contributed by atoms with Gasteiger partial charge in [-0.05, 0) is 19.9 Å². The summed E-state index contributed by atoms with van der Waals surface area (Å²) in [7, 11) is 0. The third-order valence-electron chi connectivity index (χ3n) is 2.58. The van der Waals surface area contributed by atoms with Crippen LogP contribution >= 0.6 is 0 Å². The predicted molar refractivity (Wildman–Crippen MR) is 53.5 cm³/mol. The van der Waals surface area contributed by atoms with E-state index in [1.54, 1.807) is 0 Å². The Labute approximate surface area is 80.5 Å². The van der Waals surface area contributed by atoms with Crippen LogP contribution in [0.15, 0.2) is 0 Å². The first kappa shape index (κ1) is 10.5. The van der Waals surface area contributed by atoms with Gasteiger partial charge in [0.15, 0.2) is 0 Å². The van der Waals surface area contributed by atoms with Crippen molar-refractivity contribution in [2.75, 3.05) is 19.6 Å². The molecule has 1 aliphatic rings. The highest BCUT2D eigenvalue weighted by atomic mass is 16.2. The standard InChI is InChI=1S/C10H20N2O/c1-8(2)10(13)12-7-6-11-5-4-9(12)3/h8-9,11H,4-7H2,1-3H3. The summed E-state index contributed by atoms with van der Waals surface area (Å²) in [6.07, 6.45) is 1.07. The van der Waals surface area contributed by atoms with Crippen molar-refractivity contribution in [2.24, 2.45) is 5.92 Å². The maximum absolute atomic E-state index is 11.8. The smallest absolute Gasteiger partial charge is 0.225 e. The Kier molecular flexibility index (Phi) is 3.72. The van der Waals surface area contributed by atoms with Gasteiger partial charge >= 0.3 is 0 Å². The maximum atomic E-state index is 11.8. The minimum absolute atomic E-state index is 0.126. The highest BCUT2D eigenvalue weighted by molar-refractivity contribution is 5.78. The molecule has 1 fully saturated rings. The van der Waals surface area contributed by atoms with Gasteiger partial charge in [-0.1, -0.05) is 13.8 Å². The van der Waals surface area contributed by atoms with Crippen molar-refractivity contribution in [3.8, 4) is 0 Å². The van der Waals surface area contributed by atoms with E-state index >= 15 is 0 Å². The Balaban J connectivity index is 2.58. The Hall–Kier alpha value is -0.570. The van der Waals surface area contributed by atoms with Crippen molar-refractivity contribution in [3.05, 3.63) is 0 Å². The van der Waals surface area contributed by atoms with Crippen molar-refractivity contribution < 1.29 is 4.79 Å². The monoisotopic (exact) mass is 184 g/mol. The minimum atomic E-state index is 0.126. The number of carbonyl (C=O) groups is 1. The number of nitrogens with one attached hydrogen (secondary N) is 1. The zero-order valence-corrected chi connectivity index (χ0v) is 8.84. The second-order valence-electron chi connectivity index (χ2n) is 4.07. The van der Waals surface area contributed by atoms with Crippen molar-refractivity contribution in [1.82, 2.24) is 10.2 Å². The zero-order chi connectivity index (χ0) is 9.84. The van der Waals surface area contributed by atoms with E-state index in [-0.39, 0.29) is 11.8 Å². The molecule has 76 valence electrons. The fourth-order valence-corrected chi connectivity index (χ4v) is 1.67. The SMILES string of the molecule is CC(C)C(=O)N1CCNCCC1C. The molecule has 1 heterocycles. The molecule has 0 aliphatic carbocycles. The van der Waals surface area contributed by atoms with Crippen LogP contribution in [-0.2, 0) is 4.79 Å². The Morgan fingerprint density at radius 2 is 2.15 bits per heavy atom. The molecule has 13 heavy (non-hydrogen) atoms. The zero-order valence-electron chi connectivity index (χ0n) is 8.84. The normalized spacial score (nSPS) is 24.6. The van der Waals surface area contributed by atoms with Crippen molar-refractivity contribution in [2.45, 2.75) is 33.2 Å². The molecule has 3 nitrogen and oxygen atoms in total. The third kappa shape index (κ3) is 2.69. The summed E-state index contributed by atoms with van der Waals surface area (Å²) in [5.74, 6) is 0.414. The van der Waals surface area contributed by atoms with E-state index in [9.17, 15) is 4.79 Å². The van der Waals surface area contributed by atoms with Crippen molar-refractivity contribution in [1.29, 1.82) is 0 Å². The molecule has 1 N–H and O–H groups in total. The number of hydrogen-bond donors (Lipinski definition) is 1. The van der Waals surface area contributed by atoms with Gasteiger partial charge in [0.05, 0.1) is 0 Å². The molecule has 1 atom stereocenters. The predicted octanol–water partition coefficient (Wildman–Crippen LogP) is 0.853. The van der Waals surface area contributed by atoms with Crippen LogP contribution in [0.1, 0.15) is 27.2 Å². The maximum Gasteiger partial charge on any atom is 0.225 e. The molecule has 0 aromatic rings. The molecule has 0 bridgehead atoms. The molecule has 0 aromatic heterocycles. The highest BCUT2D eigenvalue weighted by Crippen LogP contribution is 2.10. The molecular weight excluding hydrogens is 164 g/mol. The van der Waals surface area contributed by atoms with Gasteiger partial charge in [-0.2, -0.15) is 0 Å². The number of carbonyl (C=O) groups excluding carboxylic acids is 1. The van der Waals surface area contributed by atoms with Gasteiger partial charge in [-0.3, -0.25) is 4.79 Å². The summed E-state index contributed by atoms with van der Waals surface area (Å²) < 4.78 is 0. The van der Waals surface area contributed by atoms with Crippen LogP contribution in [0.5, 0.6) is 0 Å². The van der Waals surface area contributed by atoms with E-state index in [2.05, 4.69) is 12.2 Å². The summed E-state index contributed by atoms with van der Waals surface area (Å²) >= 11 is 0. The number of rotatable bonds is 1. The first-order valence-corrected chi connectivity index (χ1v) is 5.14. The summed E-state index contributed by atoms with van der Waals surface area (Å²) in [6, 6.07) is 0.393. The van der Waals surface area contributed by atoms with Gasteiger partial charge in [0.2, 0.25) is 5.91 Å². The average Bonchev–Trinajstić information content (AvgIpc) is 2.28. The summed E-state index contributed by atoms with van der Waals surface area (Å²) in [6.45, 7) is 8.89. The van der Waals surface area contributed by atoms with Gasteiger partial charge in [0.1, 0.15) is 0 Å². The number of amides is 1. The molecule has 3 heteroatoms. The quantitative estimate of drug-likeness (QED) is 0.655. The largest absolute Gasteiger partial charge is 0.338 e. The molecular formula is C10H20N2O. The minimum Gasteiger partial charge on any atom is -0.338 e. The second-order valence-corrected chi connectivity index (χ2v) is 4.07. The molecule has 1 amide bonds. The van der Waals surface area contributed by atoms with Crippen molar-refractivity contribution in [3.63, 3.8) is 0 Å². The lowest BCUT2D eigenvalue weighted by molar-refractivity contribution is -0.136. The summed E-state index contributed by atoms with van der Waals surface area (Å²) in [5, 5.41) is 3.31. The first-order valence-electron chi connectivity index (χ1n) is 5.14. The topological polar surface area (TPSA) is 32.3 Å². The molecule has 1 saturated heterocycles. The summed E-state index contributed by atoms with van der Waals surface area (Å²) in [5.41, 5.74) is 0. The number of hydrogen-bond acceptors (Lipinski definition) is 2. The lowest BCUT2D eigenvalue weighted by atomic mass is 10.1. The molecule has 0 spiro atoms. The van der Waals surface area contributed by atoms with Crippen molar-refractivity contribution >= 4 is 5.91 Å². The Morgan fingerprint density at radius 3 is 2.77 bits per heavy atom. The van der Waals surface area contributed by atoms with Gasteiger partial charge in [0.25, 0.3) is 0 Å². The van der Waals surface area contributed by atoms with E-state index in [4.69, 9.17) is 0 Å². The van der Waals surface area contributed by atoms with Gasteiger partial charge in [0, 0.05) is 25.0 Å². The lowest BCUT2D eigenvalue weighted by Crippen LogP contribution is -2.41. The van der Waals surface area contributed by atoms with Crippen LogP contribution in [0.3, 0.4) is 0 Å². The lowest BCUT2D eigenvalue weighted by Gasteiger charge is -2.28. The molecule has 1 aliphatic heterocycles. The fourth-order valence-electron chi connectivity index (χ4n) is 1.67. The second kappa shape index (κ2) is 4.61. The third-order valence-corrected chi connectivity index (χ3v) is 2.58. The fraction of sp³-hybridized carbons (Fsp3) is 0.900. The van der Waals surface area contributed by atoms with E-state index in [0.29, 0.717) is 6.04 Å². The van der Waals surface area contributed by atoms with E-state index in [1.807, 2.05) is 18.7 Å². The Morgan fingerprint density at radius 1 is 1.46 bits per heavy atom. The van der Waals surface area contributed by atoms with Gasteiger partial charge in [-0.15, -0.1) is 0 Å². The van der Waals surface area contributed by atoms with E-state index < -0.39 is 0 Å². The molecule has 1 unspecified atom stereocenters. The van der Waals surface area contributed by atoms with E-state index in [1.165, 1.54) is 0 Å². The van der Waals surface area contributed by atoms with Crippen LogP contribution in [0.25, 0.3) is 0 Å². The number of nitrogens with zero attached hydrogens (tertiary/aromatic N) is 1. The first-order chi connectivity index (χ1) is 6.13. The molecule has 0 radical (unpaired) electrons. The Bertz CT molecular complexity index is 180. The average molecular weight is 184 g/mol. The van der Waals surface area contributed by atoms with Crippen LogP contribution in [-0.4, -0.2) is 36.5 Å². The molecule has 1 rings (SSSR count). The van der Waals surface area contributed by atoms with Crippen LogP contribution < -0.4 is 5.32 Å². The van der Waals surface area contributed by atoms with Crippen LogP contribution in [0.2, 0.25) is 0 Å².